The Balaban J connectivity index is 1.63. The van der Waals surface area contributed by atoms with Crippen LogP contribution < -0.4 is 5.73 Å². The molecule has 3 heterocycles. The van der Waals surface area contributed by atoms with E-state index in [1.165, 1.54) is 0 Å². The van der Waals surface area contributed by atoms with E-state index in [0.29, 0.717) is 0 Å². The Morgan fingerprint density at radius 2 is 1.88 bits per heavy atom. The van der Waals surface area contributed by atoms with E-state index in [2.05, 4.69) is 19.9 Å². The van der Waals surface area contributed by atoms with Crippen molar-refractivity contribution in [3.8, 4) is 22.4 Å². The van der Waals surface area contributed by atoms with Gasteiger partial charge in [0.25, 0.3) is 0 Å². The summed E-state index contributed by atoms with van der Waals surface area (Å²) in [6, 6.07) is 8.48. The zero-order valence-electron chi connectivity index (χ0n) is 18.8. The van der Waals surface area contributed by atoms with Gasteiger partial charge in [-0.05, 0) is 50.6 Å². The smallest absolute Gasteiger partial charge is 0.321 e. The van der Waals surface area contributed by atoms with Crippen LogP contribution in [0.4, 0.5) is 0 Å². The second-order valence-corrected chi connectivity index (χ2v) is 9.45. The highest BCUT2D eigenvalue weighted by Crippen LogP contribution is 2.36. The molecule has 4 rings (SSSR count). The molecule has 3 N–H and O–H groups in total. The minimum atomic E-state index is -1.33. The number of hydrogen-bond donors (Lipinski definition) is 2. The Morgan fingerprint density at radius 1 is 1.15 bits per heavy atom. The summed E-state index contributed by atoms with van der Waals surface area (Å²) >= 11 is 1.62. The van der Waals surface area contributed by atoms with Crippen molar-refractivity contribution in [1.29, 1.82) is 0 Å². The van der Waals surface area contributed by atoms with Gasteiger partial charge in [0, 0.05) is 29.7 Å². The van der Waals surface area contributed by atoms with E-state index in [1.54, 1.807) is 43.8 Å². The minimum absolute atomic E-state index is 0.282. The third kappa shape index (κ3) is 4.92. The molecule has 0 aliphatic rings. The van der Waals surface area contributed by atoms with Crippen LogP contribution in [0.5, 0.6) is 0 Å². The molecule has 0 aliphatic heterocycles. The molecule has 0 amide bonds. The molecule has 174 valence electrons. The number of pyridine rings is 1. The van der Waals surface area contributed by atoms with Crippen LogP contribution in [0, 0.1) is 6.92 Å². The summed E-state index contributed by atoms with van der Waals surface area (Å²) in [5.74, 6) is -1.73. The van der Waals surface area contributed by atoms with Crippen LogP contribution in [0.15, 0.2) is 48.9 Å². The van der Waals surface area contributed by atoms with Crippen molar-refractivity contribution in [1.82, 2.24) is 19.9 Å². The van der Waals surface area contributed by atoms with Crippen LogP contribution in [-0.2, 0) is 19.9 Å². The monoisotopic (exact) mass is 477 g/mol. The third-order valence-electron chi connectivity index (χ3n) is 5.13. The predicted molar refractivity (Wildman–Crippen MR) is 128 cm³/mol. The van der Waals surface area contributed by atoms with Crippen LogP contribution in [-0.4, -0.2) is 43.0 Å². The van der Waals surface area contributed by atoms with Crippen LogP contribution in [0.25, 0.3) is 32.6 Å². The van der Waals surface area contributed by atoms with Gasteiger partial charge in [0.15, 0.2) is 11.4 Å². The molecule has 0 spiro atoms. The van der Waals surface area contributed by atoms with Crippen LogP contribution >= 0.6 is 11.3 Å². The van der Waals surface area contributed by atoms with Gasteiger partial charge in [-0.3, -0.25) is 14.6 Å². The summed E-state index contributed by atoms with van der Waals surface area (Å²) in [5, 5.41) is 9.84. The molecule has 1 unspecified atom stereocenters. The topological polar surface area (TPSA) is 141 Å². The lowest BCUT2D eigenvalue weighted by molar-refractivity contribution is -0.160. The van der Waals surface area contributed by atoms with Gasteiger partial charge in [0.1, 0.15) is 6.04 Å². The van der Waals surface area contributed by atoms with Gasteiger partial charge in [-0.2, -0.15) is 0 Å². The fourth-order valence-electron chi connectivity index (χ4n) is 3.45. The number of rotatable bonds is 7. The van der Waals surface area contributed by atoms with E-state index < -0.39 is 30.0 Å². The van der Waals surface area contributed by atoms with E-state index in [1.807, 2.05) is 37.3 Å². The second kappa shape index (κ2) is 9.24. The Morgan fingerprint density at radius 3 is 2.53 bits per heavy atom. The predicted octanol–water partition coefficient (Wildman–Crippen LogP) is 3.70. The van der Waals surface area contributed by atoms with E-state index in [0.717, 1.165) is 37.6 Å². The number of aryl methyl sites for hydroxylation is 1. The molecule has 0 saturated carbocycles. The number of carboxylic acids is 1. The molecule has 3 aromatic heterocycles. The number of nitrogens with two attached hydrogens (primary N) is 1. The summed E-state index contributed by atoms with van der Waals surface area (Å²) in [4.78, 5) is 41.0. The third-order valence-corrected chi connectivity index (χ3v) is 6.15. The SMILES string of the molecule is Cc1nc2cc(-c3cnc(C(C)(C)OC(=O)CC(N)C(=O)O)nc3)cc(-c3ccccn3)c2s1. The van der Waals surface area contributed by atoms with Gasteiger partial charge in [0.05, 0.1) is 27.3 Å². The molecule has 10 heteroatoms. The number of benzene rings is 1. The number of aromatic nitrogens is 4. The Bertz CT molecular complexity index is 1350. The Labute approximate surface area is 199 Å². The minimum Gasteiger partial charge on any atom is -0.480 e. The first-order valence-corrected chi connectivity index (χ1v) is 11.3. The number of ether oxygens (including phenoxy) is 1. The number of nitrogens with zero attached hydrogens (tertiary/aromatic N) is 4. The average molecular weight is 478 g/mol. The molecule has 0 aliphatic carbocycles. The quantitative estimate of drug-likeness (QED) is 0.381. The van der Waals surface area contributed by atoms with Crippen molar-refractivity contribution < 1.29 is 19.4 Å². The zero-order chi connectivity index (χ0) is 24.5. The molecule has 0 bridgehead atoms. The normalized spacial score (nSPS) is 12.5. The van der Waals surface area contributed by atoms with Crippen molar-refractivity contribution in [2.45, 2.75) is 38.8 Å². The van der Waals surface area contributed by atoms with E-state index in [4.69, 9.17) is 15.6 Å². The van der Waals surface area contributed by atoms with Gasteiger partial charge >= 0.3 is 11.9 Å². The van der Waals surface area contributed by atoms with Crippen molar-refractivity contribution >= 4 is 33.5 Å². The summed E-state index contributed by atoms with van der Waals surface area (Å²) in [6.45, 7) is 5.24. The first kappa shape index (κ1) is 23.4. The van der Waals surface area contributed by atoms with Gasteiger partial charge < -0.3 is 15.6 Å². The molecule has 0 fully saturated rings. The molecule has 0 radical (unpaired) electrons. The molecular weight excluding hydrogens is 454 g/mol. The number of thiazole rings is 1. The molecule has 9 nitrogen and oxygen atoms in total. The Kier molecular flexibility index (Phi) is 6.36. The maximum atomic E-state index is 12.1. The number of fused-ring (bicyclic) bond motifs is 1. The first-order valence-electron chi connectivity index (χ1n) is 10.5. The number of aliphatic carboxylic acids is 1. The molecule has 0 saturated heterocycles. The van der Waals surface area contributed by atoms with Gasteiger partial charge in [-0.25, -0.2) is 15.0 Å². The number of hydrogen-bond acceptors (Lipinski definition) is 9. The van der Waals surface area contributed by atoms with Crippen molar-refractivity contribution in [3.63, 3.8) is 0 Å². The summed E-state index contributed by atoms with van der Waals surface area (Å²) < 4.78 is 6.46. The maximum Gasteiger partial charge on any atom is 0.321 e. The van der Waals surface area contributed by atoms with Crippen molar-refractivity contribution in [2.24, 2.45) is 5.73 Å². The van der Waals surface area contributed by atoms with Gasteiger partial charge in [-0.15, -0.1) is 11.3 Å². The maximum absolute atomic E-state index is 12.1. The van der Waals surface area contributed by atoms with E-state index in [-0.39, 0.29) is 5.82 Å². The number of carboxylic acid groups (broad SMARTS) is 1. The lowest BCUT2D eigenvalue weighted by Gasteiger charge is -2.24. The summed E-state index contributed by atoms with van der Waals surface area (Å²) in [6.07, 6.45) is 4.62. The highest BCUT2D eigenvalue weighted by Gasteiger charge is 2.30. The fourth-order valence-corrected chi connectivity index (χ4v) is 4.37. The number of carbonyl (C=O) groups is 2. The van der Waals surface area contributed by atoms with Crippen LogP contribution in [0.1, 0.15) is 31.1 Å². The molecule has 1 aromatic carbocycles. The molecule has 4 aromatic rings. The van der Waals surface area contributed by atoms with E-state index in [9.17, 15) is 9.59 Å². The number of carbonyl (C=O) groups excluding carboxylic acids is 1. The average Bonchev–Trinajstić information content (AvgIpc) is 3.18. The Hall–Kier alpha value is -3.76. The lowest BCUT2D eigenvalue weighted by Crippen LogP contribution is -2.36. The molecule has 1 atom stereocenters. The van der Waals surface area contributed by atoms with Crippen LogP contribution in [0.3, 0.4) is 0 Å². The van der Waals surface area contributed by atoms with Gasteiger partial charge in [-0.1, -0.05) is 6.07 Å². The lowest BCUT2D eigenvalue weighted by atomic mass is 10.0. The van der Waals surface area contributed by atoms with Crippen molar-refractivity contribution in [2.75, 3.05) is 0 Å². The molecular formula is C24H23N5O4S. The summed E-state index contributed by atoms with van der Waals surface area (Å²) in [5.41, 5.74) is 8.60. The van der Waals surface area contributed by atoms with Crippen molar-refractivity contribution in [3.05, 3.63) is 59.8 Å². The van der Waals surface area contributed by atoms with E-state index >= 15 is 0 Å². The second-order valence-electron chi connectivity index (χ2n) is 8.25. The summed E-state index contributed by atoms with van der Waals surface area (Å²) in [7, 11) is 0. The largest absolute Gasteiger partial charge is 0.480 e. The molecule has 34 heavy (non-hydrogen) atoms. The standard InChI is InChI=1S/C24H23N5O4S/c1-13-29-19-9-14(8-16(21(19)34-13)18-6-4-5-7-26-18)15-11-27-23(28-12-15)24(2,3)33-20(30)10-17(25)22(31)32/h4-9,11-12,17H,10,25H2,1-3H3,(H,31,32). The number of esters is 1. The van der Waals surface area contributed by atoms with Gasteiger partial charge in [0.2, 0.25) is 0 Å². The van der Waals surface area contributed by atoms with Crippen LogP contribution in [0.2, 0.25) is 0 Å². The first-order chi connectivity index (χ1) is 16.1. The highest BCUT2D eigenvalue weighted by atomic mass is 32.1. The zero-order valence-corrected chi connectivity index (χ0v) is 19.7. The fraction of sp³-hybridized carbons (Fsp3) is 0.250. The highest BCUT2D eigenvalue weighted by molar-refractivity contribution is 7.19.